The van der Waals surface area contributed by atoms with E-state index >= 15 is 0 Å². The largest absolute Gasteiger partial charge is 0.345 e. The molecule has 114 valence electrons. The van der Waals surface area contributed by atoms with Gasteiger partial charge in [-0.1, -0.05) is 0 Å². The standard InChI is InChI=1S/C16H23N3O2/c1-19(2)16(21)13-3-5-14(6-4-13)18-15(20)11-12-7-9-17-10-8-12/h3-6,12,17H,7-11H2,1-2H3,(H,18,20). The predicted molar refractivity (Wildman–Crippen MR) is 83.3 cm³/mol. The first-order chi connectivity index (χ1) is 10.1. The molecule has 0 radical (unpaired) electrons. The molecular weight excluding hydrogens is 266 g/mol. The SMILES string of the molecule is CN(C)C(=O)c1ccc(NC(=O)CC2CCNCC2)cc1. The second-order valence-electron chi connectivity index (χ2n) is 5.72. The van der Waals surface area contributed by atoms with Crippen LogP contribution < -0.4 is 10.6 Å². The lowest BCUT2D eigenvalue weighted by Gasteiger charge is -2.21. The van der Waals surface area contributed by atoms with Gasteiger partial charge >= 0.3 is 0 Å². The van der Waals surface area contributed by atoms with Gasteiger partial charge in [-0.25, -0.2) is 0 Å². The predicted octanol–water partition coefficient (Wildman–Crippen LogP) is 1.72. The van der Waals surface area contributed by atoms with E-state index in [1.165, 1.54) is 4.90 Å². The number of carbonyl (C=O) groups excluding carboxylic acids is 2. The number of nitrogens with one attached hydrogen (secondary N) is 2. The van der Waals surface area contributed by atoms with E-state index < -0.39 is 0 Å². The number of hydrogen-bond acceptors (Lipinski definition) is 3. The summed E-state index contributed by atoms with van der Waals surface area (Å²) < 4.78 is 0. The normalized spacial score (nSPS) is 15.5. The first-order valence-corrected chi connectivity index (χ1v) is 7.38. The minimum Gasteiger partial charge on any atom is -0.345 e. The lowest BCUT2D eigenvalue weighted by atomic mass is 9.94. The van der Waals surface area contributed by atoms with Crippen molar-refractivity contribution < 1.29 is 9.59 Å². The lowest BCUT2D eigenvalue weighted by Crippen LogP contribution is -2.30. The minimum absolute atomic E-state index is 0.0393. The van der Waals surface area contributed by atoms with Crippen LogP contribution in [0, 0.1) is 5.92 Å². The molecule has 21 heavy (non-hydrogen) atoms. The number of nitrogens with zero attached hydrogens (tertiary/aromatic N) is 1. The molecule has 0 unspecified atom stereocenters. The third-order valence-electron chi connectivity index (χ3n) is 3.75. The summed E-state index contributed by atoms with van der Waals surface area (Å²) in [5.74, 6) is 0.483. The number of carbonyl (C=O) groups is 2. The second-order valence-corrected chi connectivity index (χ2v) is 5.72. The van der Waals surface area contributed by atoms with E-state index in [4.69, 9.17) is 0 Å². The maximum Gasteiger partial charge on any atom is 0.253 e. The first-order valence-electron chi connectivity index (χ1n) is 7.38. The van der Waals surface area contributed by atoms with Crippen molar-refractivity contribution in [3.63, 3.8) is 0 Å². The molecule has 1 aromatic rings. The van der Waals surface area contributed by atoms with Gasteiger partial charge in [0.25, 0.3) is 5.91 Å². The Kier molecular flexibility index (Phi) is 5.33. The van der Waals surface area contributed by atoms with Crippen LogP contribution in [-0.2, 0) is 4.79 Å². The topological polar surface area (TPSA) is 61.4 Å². The average Bonchev–Trinajstić information content (AvgIpc) is 2.48. The van der Waals surface area contributed by atoms with Crippen LogP contribution in [0.4, 0.5) is 5.69 Å². The fourth-order valence-electron chi connectivity index (χ4n) is 2.51. The van der Waals surface area contributed by atoms with E-state index in [0.717, 1.165) is 31.6 Å². The van der Waals surface area contributed by atoms with E-state index in [1.807, 2.05) is 0 Å². The number of rotatable bonds is 4. The van der Waals surface area contributed by atoms with Crippen molar-refractivity contribution >= 4 is 17.5 Å². The van der Waals surface area contributed by atoms with E-state index in [0.29, 0.717) is 17.9 Å². The molecule has 0 atom stereocenters. The van der Waals surface area contributed by atoms with Crippen LogP contribution in [0.2, 0.25) is 0 Å². The van der Waals surface area contributed by atoms with Crippen LogP contribution in [0.3, 0.4) is 0 Å². The van der Waals surface area contributed by atoms with Gasteiger partial charge in [0.2, 0.25) is 5.91 Å². The fourth-order valence-corrected chi connectivity index (χ4v) is 2.51. The molecule has 0 aromatic heterocycles. The molecule has 5 nitrogen and oxygen atoms in total. The number of amides is 2. The number of benzene rings is 1. The molecule has 1 fully saturated rings. The van der Waals surface area contributed by atoms with Gasteiger partial charge in [0, 0.05) is 31.8 Å². The number of hydrogen-bond donors (Lipinski definition) is 2. The second kappa shape index (κ2) is 7.22. The van der Waals surface area contributed by atoms with Gasteiger partial charge in [0.15, 0.2) is 0 Å². The van der Waals surface area contributed by atoms with Gasteiger partial charge in [-0.15, -0.1) is 0 Å². The smallest absolute Gasteiger partial charge is 0.253 e. The third kappa shape index (κ3) is 4.56. The van der Waals surface area contributed by atoms with Crippen molar-refractivity contribution in [2.45, 2.75) is 19.3 Å². The van der Waals surface area contributed by atoms with Crippen molar-refractivity contribution in [2.24, 2.45) is 5.92 Å². The van der Waals surface area contributed by atoms with E-state index in [1.54, 1.807) is 38.4 Å². The molecule has 1 aliphatic heterocycles. The highest BCUT2D eigenvalue weighted by atomic mass is 16.2. The highest BCUT2D eigenvalue weighted by Gasteiger charge is 2.16. The molecule has 1 aromatic carbocycles. The Morgan fingerprint density at radius 2 is 1.81 bits per heavy atom. The number of anilines is 1. The Labute approximate surface area is 125 Å². The van der Waals surface area contributed by atoms with Crippen LogP contribution in [0.25, 0.3) is 0 Å². The molecule has 1 saturated heterocycles. The molecule has 5 heteroatoms. The molecular formula is C16H23N3O2. The summed E-state index contributed by atoms with van der Waals surface area (Å²) in [6.07, 6.45) is 2.69. The lowest BCUT2D eigenvalue weighted by molar-refractivity contribution is -0.117. The molecule has 2 rings (SSSR count). The fraction of sp³-hybridized carbons (Fsp3) is 0.500. The van der Waals surface area contributed by atoms with Crippen LogP contribution in [-0.4, -0.2) is 43.9 Å². The van der Waals surface area contributed by atoms with Gasteiger partial charge in [-0.05, 0) is 56.1 Å². The zero-order valence-corrected chi connectivity index (χ0v) is 12.7. The Balaban J connectivity index is 1.87. The average molecular weight is 289 g/mol. The van der Waals surface area contributed by atoms with Gasteiger partial charge in [0.05, 0.1) is 0 Å². The highest BCUT2D eigenvalue weighted by Crippen LogP contribution is 2.17. The monoisotopic (exact) mass is 289 g/mol. The Morgan fingerprint density at radius 1 is 1.19 bits per heavy atom. The van der Waals surface area contributed by atoms with Crippen molar-refractivity contribution in [1.29, 1.82) is 0 Å². The number of piperidine rings is 1. The van der Waals surface area contributed by atoms with E-state index in [9.17, 15) is 9.59 Å². The summed E-state index contributed by atoms with van der Waals surface area (Å²) in [7, 11) is 3.44. The van der Waals surface area contributed by atoms with Crippen molar-refractivity contribution in [3.8, 4) is 0 Å². The molecule has 0 bridgehead atoms. The minimum atomic E-state index is -0.0393. The first kappa shape index (κ1) is 15.5. The summed E-state index contributed by atoms with van der Waals surface area (Å²) in [5, 5.41) is 6.20. The summed E-state index contributed by atoms with van der Waals surface area (Å²) in [5.41, 5.74) is 1.36. The molecule has 0 saturated carbocycles. The zero-order valence-electron chi connectivity index (χ0n) is 12.7. The molecule has 1 heterocycles. The van der Waals surface area contributed by atoms with Crippen molar-refractivity contribution in [3.05, 3.63) is 29.8 Å². The summed E-state index contributed by atoms with van der Waals surface area (Å²) in [6, 6.07) is 7.03. The van der Waals surface area contributed by atoms with Gasteiger partial charge < -0.3 is 15.5 Å². The van der Waals surface area contributed by atoms with Crippen LogP contribution in [0.1, 0.15) is 29.6 Å². The van der Waals surface area contributed by atoms with Gasteiger partial charge in [-0.2, -0.15) is 0 Å². The van der Waals surface area contributed by atoms with E-state index in [2.05, 4.69) is 10.6 Å². The van der Waals surface area contributed by atoms with E-state index in [-0.39, 0.29) is 11.8 Å². The molecule has 1 aliphatic rings. The Hall–Kier alpha value is -1.88. The van der Waals surface area contributed by atoms with Crippen LogP contribution >= 0.6 is 0 Å². The van der Waals surface area contributed by atoms with Crippen LogP contribution in [0.15, 0.2) is 24.3 Å². The van der Waals surface area contributed by atoms with Crippen molar-refractivity contribution in [2.75, 3.05) is 32.5 Å². The van der Waals surface area contributed by atoms with Crippen molar-refractivity contribution in [1.82, 2.24) is 10.2 Å². The molecule has 2 amide bonds. The maximum absolute atomic E-state index is 12.0. The molecule has 0 aliphatic carbocycles. The van der Waals surface area contributed by atoms with Gasteiger partial charge in [0.1, 0.15) is 0 Å². The molecule has 0 spiro atoms. The summed E-state index contributed by atoms with van der Waals surface area (Å²) >= 11 is 0. The van der Waals surface area contributed by atoms with Gasteiger partial charge in [-0.3, -0.25) is 9.59 Å². The summed E-state index contributed by atoms with van der Waals surface area (Å²) in [4.78, 5) is 25.3. The zero-order chi connectivity index (χ0) is 15.2. The quantitative estimate of drug-likeness (QED) is 0.887. The summed E-state index contributed by atoms with van der Waals surface area (Å²) in [6.45, 7) is 2.00. The maximum atomic E-state index is 12.0. The van der Waals surface area contributed by atoms with Crippen LogP contribution in [0.5, 0.6) is 0 Å². The molecule has 2 N–H and O–H groups in total. The Bertz CT molecular complexity index is 491. The highest BCUT2D eigenvalue weighted by molar-refractivity contribution is 5.95. The third-order valence-corrected chi connectivity index (χ3v) is 3.75. The Morgan fingerprint density at radius 3 is 2.38 bits per heavy atom.